The molecule has 0 aliphatic heterocycles. The van der Waals surface area contributed by atoms with Crippen molar-refractivity contribution < 1.29 is 19.2 Å². The van der Waals surface area contributed by atoms with Crippen molar-refractivity contribution in [2.75, 3.05) is 0 Å². The molecule has 0 saturated heterocycles. The Morgan fingerprint density at radius 1 is 1.13 bits per heavy atom. The molecule has 0 amide bonds. The van der Waals surface area contributed by atoms with E-state index in [9.17, 15) is 19.7 Å². The van der Waals surface area contributed by atoms with Gasteiger partial charge in [-0.1, -0.05) is 12.8 Å². The number of carbonyl (C=O) groups is 2. The molecule has 2 fully saturated rings. The minimum Gasteiger partial charge on any atom is -0.451 e. The van der Waals surface area contributed by atoms with Crippen LogP contribution >= 0.6 is 0 Å². The second-order valence-corrected chi connectivity index (χ2v) is 6.44. The molecule has 6 nitrogen and oxygen atoms in total. The average Bonchev–Trinajstić information content (AvgIpc) is 3.01. The van der Waals surface area contributed by atoms with Crippen LogP contribution in [0.1, 0.15) is 55.3 Å². The summed E-state index contributed by atoms with van der Waals surface area (Å²) in [6, 6.07) is 5.24. The first-order chi connectivity index (χ1) is 11.0. The molecule has 2 saturated carbocycles. The summed E-state index contributed by atoms with van der Waals surface area (Å²) in [4.78, 5) is 35.0. The SMILES string of the molecule is O=C(OC1CCCC2(CCCC2)C1=O)c1ccc([N+](=O)[O-])cc1. The lowest BCUT2D eigenvalue weighted by molar-refractivity contribution is -0.384. The summed E-state index contributed by atoms with van der Waals surface area (Å²) in [6.45, 7) is 0. The highest BCUT2D eigenvalue weighted by Crippen LogP contribution is 2.47. The highest BCUT2D eigenvalue weighted by Gasteiger charge is 2.47. The standard InChI is InChI=1S/C17H19NO5/c19-15-14(4-3-11-17(15)9-1-2-10-17)23-16(20)12-5-7-13(8-6-12)18(21)22/h5-8,14H,1-4,9-11H2. The van der Waals surface area contributed by atoms with E-state index in [2.05, 4.69) is 0 Å². The molecule has 0 radical (unpaired) electrons. The number of benzene rings is 1. The highest BCUT2D eigenvalue weighted by molar-refractivity contribution is 5.95. The highest BCUT2D eigenvalue weighted by atomic mass is 16.6. The number of rotatable bonds is 3. The number of carbonyl (C=O) groups excluding carboxylic acids is 2. The molecule has 122 valence electrons. The van der Waals surface area contributed by atoms with E-state index in [1.807, 2.05) is 0 Å². The molecule has 0 heterocycles. The van der Waals surface area contributed by atoms with E-state index in [0.29, 0.717) is 6.42 Å². The zero-order valence-corrected chi connectivity index (χ0v) is 12.8. The zero-order chi connectivity index (χ0) is 16.4. The molecule has 6 heteroatoms. The zero-order valence-electron chi connectivity index (χ0n) is 12.8. The van der Waals surface area contributed by atoms with Crippen molar-refractivity contribution >= 4 is 17.4 Å². The number of nitrogens with zero attached hydrogens (tertiary/aromatic N) is 1. The van der Waals surface area contributed by atoms with Crippen LogP contribution in [-0.2, 0) is 9.53 Å². The van der Waals surface area contributed by atoms with Crippen molar-refractivity contribution in [2.24, 2.45) is 5.41 Å². The predicted molar refractivity (Wildman–Crippen MR) is 82.1 cm³/mol. The number of hydrogen-bond donors (Lipinski definition) is 0. The first-order valence-electron chi connectivity index (χ1n) is 8.02. The number of ether oxygens (including phenoxy) is 1. The summed E-state index contributed by atoms with van der Waals surface area (Å²) in [6.07, 6.45) is 5.61. The van der Waals surface area contributed by atoms with E-state index >= 15 is 0 Å². The van der Waals surface area contributed by atoms with Gasteiger partial charge in [0.05, 0.1) is 10.5 Å². The second-order valence-electron chi connectivity index (χ2n) is 6.44. The van der Waals surface area contributed by atoms with E-state index in [0.717, 1.165) is 38.5 Å². The quantitative estimate of drug-likeness (QED) is 0.484. The number of Topliss-reactive ketones (excluding diaryl/α,β-unsaturated/α-hetero) is 1. The molecule has 2 aliphatic rings. The van der Waals surface area contributed by atoms with Crippen molar-refractivity contribution in [1.29, 1.82) is 0 Å². The largest absolute Gasteiger partial charge is 0.451 e. The van der Waals surface area contributed by atoms with Gasteiger partial charge in [0.25, 0.3) is 5.69 Å². The fourth-order valence-electron chi connectivity index (χ4n) is 3.80. The van der Waals surface area contributed by atoms with Crippen molar-refractivity contribution in [3.63, 3.8) is 0 Å². The van der Waals surface area contributed by atoms with E-state index in [1.165, 1.54) is 24.3 Å². The van der Waals surface area contributed by atoms with E-state index in [1.54, 1.807) is 0 Å². The van der Waals surface area contributed by atoms with Gasteiger partial charge >= 0.3 is 5.97 Å². The maximum atomic E-state index is 12.7. The van der Waals surface area contributed by atoms with Gasteiger partial charge in [0.15, 0.2) is 11.9 Å². The minimum absolute atomic E-state index is 0.0662. The van der Waals surface area contributed by atoms with Crippen LogP contribution in [0.3, 0.4) is 0 Å². The average molecular weight is 317 g/mol. The predicted octanol–water partition coefficient (Wildman–Crippen LogP) is 3.43. The molecule has 23 heavy (non-hydrogen) atoms. The lowest BCUT2D eigenvalue weighted by atomic mass is 9.70. The molecule has 1 spiro atoms. The lowest BCUT2D eigenvalue weighted by Gasteiger charge is -2.35. The van der Waals surface area contributed by atoms with E-state index in [-0.39, 0.29) is 22.4 Å². The summed E-state index contributed by atoms with van der Waals surface area (Å²) in [7, 11) is 0. The number of non-ortho nitro benzene ring substituents is 1. The van der Waals surface area contributed by atoms with Crippen molar-refractivity contribution in [3.8, 4) is 0 Å². The Balaban J connectivity index is 1.69. The number of ketones is 1. The molecule has 1 unspecified atom stereocenters. The molecule has 1 aromatic rings. The van der Waals surface area contributed by atoms with Crippen LogP contribution in [0.5, 0.6) is 0 Å². The van der Waals surface area contributed by atoms with E-state index < -0.39 is 17.0 Å². The molecule has 0 bridgehead atoms. The van der Waals surface area contributed by atoms with Gasteiger partial charge in [-0.3, -0.25) is 14.9 Å². The van der Waals surface area contributed by atoms with Crippen molar-refractivity contribution in [1.82, 2.24) is 0 Å². The first kappa shape index (κ1) is 15.6. The van der Waals surface area contributed by atoms with Gasteiger partial charge in [-0.2, -0.15) is 0 Å². The molecule has 1 atom stereocenters. The van der Waals surface area contributed by atoms with E-state index in [4.69, 9.17) is 4.74 Å². The summed E-state index contributed by atoms with van der Waals surface area (Å²) in [5.41, 5.74) is -0.131. The van der Waals surface area contributed by atoms with Gasteiger partial charge < -0.3 is 4.74 Å². The summed E-state index contributed by atoms with van der Waals surface area (Å²) in [5.74, 6) is -0.523. The summed E-state index contributed by atoms with van der Waals surface area (Å²) in [5, 5.41) is 10.6. The number of hydrogen-bond acceptors (Lipinski definition) is 5. The Bertz CT molecular complexity index is 631. The van der Waals surface area contributed by atoms with Crippen LogP contribution in [0.4, 0.5) is 5.69 Å². The number of nitro benzene ring substituents is 1. The molecule has 0 N–H and O–H groups in total. The maximum Gasteiger partial charge on any atom is 0.338 e. The lowest BCUT2D eigenvalue weighted by Crippen LogP contribution is -2.43. The van der Waals surface area contributed by atoms with Crippen LogP contribution in [0.2, 0.25) is 0 Å². The fourth-order valence-corrected chi connectivity index (χ4v) is 3.80. The Morgan fingerprint density at radius 2 is 1.74 bits per heavy atom. The van der Waals surface area contributed by atoms with Crippen LogP contribution in [-0.4, -0.2) is 22.8 Å². The fraction of sp³-hybridized carbons (Fsp3) is 0.529. The van der Waals surface area contributed by atoms with Crippen LogP contribution < -0.4 is 0 Å². The van der Waals surface area contributed by atoms with Crippen LogP contribution in [0.15, 0.2) is 24.3 Å². The van der Waals surface area contributed by atoms with Crippen molar-refractivity contribution in [2.45, 2.75) is 51.0 Å². The number of esters is 1. The Hall–Kier alpha value is -2.24. The van der Waals surface area contributed by atoms with Gasteiger partial charge in [-0.15, -0.1) is 0 Å². The third-order valence-electron chi connectivity index (χ3n) is 5.06. The molecule has 1 aromatic carbocycles. The van der Waals surface area contributed by atoms with Gasteiger partial charge in [-0.25, -0.2) is 4.79 Å². The number of nitro groups is 1. The minimum atomic E-state index is -0.676. The Morgan fingerprint density at radius 3 is 2.35 bits per heavy atom. The molecule has 2 aliphatic carbocycles. The molecule has 0 aromatic heterocycles. The first-order valence-corrected chi connectivity index (χ1v) is 8.02. The van der Waals surface area contributed by atoms with Gasteiger partial charge in [0.2, 0.25) is 0 Å². The molecular formula is C17H19NO5. The van der Waals surface area contributed by atoms with Crippen LogP contribution in [0.25, 0.3) is 0 Å². The normalized spacial score (nSPS) is 23.0. The maximum absolute atomic E-state index is 12.7. The summed E-state index contributed by atoms with van der Waals surface area (Å²) < 4.78 is 5.42. The Labute approximate surface area is 134 Å². The third-order valence-corrected chi connectivity index (χ3v) is 5.06. The van der Waals surface area contributed by atoms with Gasteiger partial charge in [-0.05, 0) is 44.2 Å². The molecular weight excluding hydrogens is 298 g/mol. The smallest absolute Gasteiger partial charge is 0.338 e. The second kappa shape index (κ2) is 6.10. The molecule has 3 rings (SSSR count). The topological polar surface area (TPSA) is 86.5 Å². The van der Waals surface area contributed by atoms with Crippen LogP contribution in [0, 0.1) is 15.5 Å². The summed E-state index contributed by atoms with van der Waals surface area (Å²) >= 11 is 0. The van der Waals surface area contributed by atoms with Gasteiger partial charge in [0, 0.05) is 17.5 Å². The monoisotopic (exact) mass is 317 g/mol. The van der Waals surface area contributed by atoms with Crippen molar-refractivity contribution in [3.05, 3.63) is 39.9 Å². The Kier molecular flexibility index (Phi) is 4.15. The third kappa shape index (κ3) is 2.98. The van der Waals surface area contributed by atoms with Gasteiger partial charge in [0.1, 0.15) is 0 Å².